The van der Waals surface area contributed by atoms with Crippen molar-refractivity contribution in [3.63, 3.8) is 0 Å². The molecule has 0 saturated heterocycles. The summed E-state index contributed by atoms with van der Waals surface area (Å²) in [6.45, 7) is 3.18. The van der Waals surface area contributed by atoms with Crippen molar-refractivity contribution in [1.29, 1.82) is 5.26 Å². The Kier molecular flexibility index (Phi) is 6.16. The SMILES string of the molecule is CC(=O)Nc1ccccc1SCC(=O)Nc1sc2c(c1C#N)CCN(C)C2. The van der Waals surface area contributed by atoms with Crippen molar-refractivity contribution in [1.82, 2.24) is 4.90 Å². The van der Waals surface area contributed by atoms with Gasteiger partial charge in [0.2, 0.25) is 11.8 Å². The smallest absolute Gasteiger partial charge is 0.235 e. The third kappa shape index (κ3) is 4.69. The lowest BCUT2D eigenvalue weighted by atomic mass is 10.0. The molecule has 0 spiro atoms. The number of anilines is 2. The van der Waals surface area contributed by atoms with E-state index in [0.717, 1.165) is 34.8 Å². The average molecular weight is 401 g/mol. The lowest BCUT2D eigenvalue weighted by Gasteiger charge is -2.21. The number of amides is 2. The van der Waals surface area contributed by atoms with Gasteiger partial charge in [0.1, 0.15) is 11.1 Å². The molecule has 2 heterocycles. The molecule has 0 unspecified atom stereocenters. The van der Waals surface area contributed by atoms with Crippen molar-refractivity contribution < 1.29 is 9.59 Å². The third-order valence-corrected chi connectivity index (χ3v) is 6.37. The second kappa shape index (κ2) is 8.57. The zero-order chi connectivity index (χ0) is 19.4. The van der Waals surface area contributed by atoms with E-state index in [1.54, 1.807) is 6.07 Å². The van der Waals surface area contributed by atoms with Crippen LogP contribution >= 0.6 is 23.1 Å². The Hall–Kier alpha value is -2.34. The van der Waals surface area contributed by atoms with Crippen LogP contribution in [0.1, 0.15) is 22.9 Å². The second-order valence-electron chi connectivity index (χ2n) is 6.32. The number of thioether (sulfide) groups is 1. The van der Waals surface area contributed by atoms with Gasteiger partial charge in [-0.05, 0) is 31.2 Å². The summed E-state index contributed by atoms with van der Waals surface area (Å²) >= 11 is 2.84. The summed E-state index contributed by atoms with van der Waals surface area (Å²) in [5.74, 6) is -0.120. The highest BCUT2D eigenvalue weighted by atomic mass is 32.2. The van der Waals surface area contributed by atoms with E-state index in [4.69, 9.17) is 0 Å². The van der Waals surface area contributed by atoms with E-state index in [1.807, 2.05) is 18.2 Å². The van der Waals surface area contributed by atoms with Gasteiger partial charge in [0.25, 0.3) is 0 Å². The number of fused-ring (bicyclic) bond motifs is 1. The Balaban J connectivity index is 1.67. The molecule has 1 aromatic heterocycles. The van der Waals surface area contributed by atoms with Crippen LogP contribution in [0.4, 0.5) is 10.7 Å². The molecule has 140 valence electrons. The lowest BCUT2D eigenvalue weighted by Crippen LogP contribution is -2.25. The lowest BCUT2D eigenvalue weighted by molar-refractivity contribution is -0.114. The number of benzene rings is 1. The second-order valence-corrected chi connectivity index (χ2v) is 8.44. The van der Waals surface area contributed by atoms with E-state index in [0.29, 0.717) is 16.3 Å². The van der Waals surface area contributed by atoms with E-state index in [-0.39, 0.29) is 17.6 Å². The van der Waals surface area contributed by atoms with Gasteiger partial charge in [0, 0.05) is 29.8 Å². The highest BCUT2D eigenvalue weighted by Gasteiger charge is 2.23. The fourth-order valence-corrected chi connectivity index (χ4v) is 5.03. The van der Waals surface area contributed by atoms with E-state index >= 15 is 0 Å². The number of carbonyl (C=O) groups is 2. The molecule has 3 rings (SSSR count). The maximum Gasteiger partial charge on any atom is 0.235 e. The molecular weight excluding hydrogens is 380 g/mol. The van der Waals surface area contributed by atoms with Gasteiger partial charge in [-0.1, -0.05) is 12.1 Å². The Labute approximate surface area is 166 Å². The standard InChI is InChI=1S/C19H20N4O2S2/c1-12(24)21-15-5-3-4-6-16(15)26-11-18(25)22-19-14(9-20)13-7-8-23(2)10-17(13)27-19/h3-6H,7-8,10-11H2,1-2H3,(H,21,24)(H,22,25). The fourth-order valence-electron chi connectivity index (χ4n) is 2.93. The van der Waals surface area contributed by atoms with Gasteiger partial charge in [0.15, 0.2) is 0 Å². The Morgan fingerprint density at radius 3 is 2.85 bits per heavy atom. The number of nitrogens with one attached hydrogen (secondary N) is 2. The number of carbonyl (C=O) groups excluding carboxylic acids is 2. The molecule has 0 atom stereocenters. The molecule has 2 amide bonds. The van der Waals surface area contributed by atoms with Crippen LogP contribution in [0.15, 0.2) is 29.2 Å². The van der Waals surface area contributed by atoms with Gasteiger partial charge in [-0.2, -0.15) is 5.26 Å². The van der Waals surface area contributed by atoms with Crippen molar-refractivity contribution in [2.45, 2.75) is 24.8 Å². The molecule has 1 aliphatic rings. The van der Waals surface area contributed by atoms with Crippen LogP contribution in [0.5, 0.6) is 0 Å². The summed E-state index contributed by atoms with van der Waals surface area (Å²) in [7, 11) is 2.05. The monoisotopic (exact) mass is 400 g/mol. The fraction of sp³-hybridized carbons (Fsp3) is 0.316. The first-order valence-electron chi connectivity index (χ1n) is 8.50. The summed E-state index contributed by atoms with van der Waals surface area (Å²) < 4.78 is 0. The van der Waals surface area contributed by atoms with Gasteiger partial charge in [0.05, 0.1) is 17.0 Å². The maximum absolute atomic E-state index is 12.4. The highest BCUT2D eigenvalue weighted by Crippen LogP contribution is 2.36. The third-order valence-electron chi connectivity index (χ3n) is 4.17. The van der Waals surface area contributed by atoms with Crippen molar-refractivity contribution in [2.24, 2.45) is 0 Å². The van der Waals surface area contributed by atoms with Crippen LogP contribution in [0, 0.1) is 11.3 Å². The molecule has 1 aliphatic heterocycles. The van der Waals surface area contributed by atoms with E-state index in [2.05, 4.69) is 28.7 Å². The van der Waals surface area contributed by atoms with Crippen molar-refractivity contribution in [2.75, 3.05) is 30.0 Å². The largest absolute Gasteiger partial charge is 0.325 e. The summed E-state index contributed by atoms with van der Waals surface area (Å²) in [5.41, 5.74) is 2.36. The van der Waals surface area contributed by atoms with Crippen LogP contribution in [-0.2, 0) is 22.6 Å². The number of hydrogen-bond acceptors (Lipinski definition) is 6. The minimum Gasteiger partial charge on any atom is -0.325 e. The number of likely N-dealkylation sites (N-methyl/N-ethyl adjacent to an activating group) is 1. The maximum atomic E-state index is 12.4. The molecule has 0 radical (unpaired) electrons. The summed E-state index contributed by atoms with van der Waals surface area (Å²) in [5, 5.41) is 15.8. The number of rotatable bonds is 5. The van der Waals surface area contributed by atoms with Crippen LogP contribution in [-0.4, -0.2) is 36.1 Å². The Morgan fingerprint density at radius 1 is 1.33 bits per heavy atom. The summed E-state index contributed by atoms with van der Waals surface area (Å²) in [4.78, 5) is 27.9. The van der Waals surface area contributed by atoms with Crippen LogP contribution in [0.25, 0.3) is 0 Å². The Morgan fingerprint density at radius 2 is 2.11 bits per heavy atom. The zero-order valence-corrected chi connectivity index (χ0v) is 16.8. The summed E-state index contributed by atoms with van der Waals surface area (Å²) in [6, 6.07) is 9.62. The first-order chi connectivity index (χ1) is 13.0. The average Bonchev–Trinajstić information content (AvgIpc) is 2.96. The predicted molar refractivity (Wildman–Crippen MR) is 109 cm³/mol. The van der Waals surface area contributed by atoms with Crippen LogP contribution < -0.4 is 10.6 Å². The zero-order valence-electron chi connectivity index (χ0n) is 15.2. The minimum atomic E-state index is -0.166. The molecule has 0 saturated carbocycles. The number of hydrogen-bond donors (Lipinski definition) is 2. The molecule has 6 nitrogen and oxygen atoms in total. The number of thiophene rings is 1. The van der Waals surface area contributed by atoms with Gasteiger partial charge >= 0.3 is 0 Å². The van der Waals surface area contributed by atoms with Gasteiger partial charge in [-0.25, -0.2) is 0 Å². The molecule has 0 fully saturated rings. The van der Waals surface area contributed by atoms with E-state index in [1.165, 1.54) is 30.0 Å². The molecule has 27 heavy (non-hydrogen) atoms. The molecule has 0 bridgehead atoms. The summed E-state index contributed by atoms with van der Waals surface area (Å²) in [6.07, 6.45) is 0.833. The predicted octanol–water partition coefficient (Wildman–Crippen LogP) is 3.30. The molecule has 2 aromatic rings. The normalized spacial score (nSPS) is 13.5. The Bertz CT molecular complexity index is 917. The van der Waals surface area contributed by atoms with Gasteiger partial charge in [-0.3, -0.25) is 9.59 Å². The topological polar surface area (TPSA) is 85.2 Å². The van der Waals surface area contributed by atoms with Gasteiger partial charge in [-0.15, -0.1) is 23.1 Å². The molecule has 8 heteroatoms. The minimum absolute atomic E-state index is 0.153. The molecular formula is C19H20N4O2S2. The van der Waals surface area contributed by atoms with E-state index in [9.17, 15) is 14.9 Å². The molecule has 1 aromatic carbocycles. The van der Waals surface area contributed by atoms with Crippen molar-refractivity contribution in [3.8, 4) is 6.07 Å². The quantitative estimate of drug-likeness (QED) is 0.752. The first-order valence-corrected chi connectivity index (χ1v) is 10.3. The van der Waals surface area contributed by atoms with Crippen molar-refractivity contribution >= 4 is 45.6 Å². The van der Waals surface area contributed by atoms with Crippen LogP contribution in [0.3, 0.4) is 0 Å². The van der Waals surface area contributed by atoms with Crippen molar-refractivity contribution in [3.05, 3.63) is 40.3 Å². The van der Waals surface area contributed by atoms with E-state index < -0.39 is 0 Å². The number of nitriles is 1. The number of nitrogens with zero attached hydrogens (tertiary/aromatic N) is 2. The molecule has 2 N–H and O–H groups in total. The first kappa shape index (κ1) is 19.4. The van der Waals surface area contributed by atoms with Gasteiger partial charge < -0.3 is 15.5 Å². The van der Waals surface area contributed by atoms with Crippen LogP contribution in [0.2, 0.25) is 0 Å². The molecule has 0 aliphatic carbocycles. The highest BCUT2D eigenvalue weighted by molar-refractivity contribution is 8.00. The number of para-hydroxylation sites is 1.